The van der Waals surface area contributed by atoms with Crippen LogP contribution in [0.15, 0.2) is 59.0 Å². The average Bonchev–Trinajstić information content (AvgIpc) is 2.91. The van der Waals surface area contributed by atoms with E-state index in [-0.39, 0.29) is 6.08 Å². The first-order valence-corrected chi connectivity index (χ1v) is 5.95. The molecule has 0 aliphatic heterocycles. The molecule has 0 amide bonds. The van der Waals surface area contributed by atoms with Crippen molar-refractivity contribution in [3.8, 4) is 23.3 Å². The normalized spacial score (nSPS) is 10.4. The number of ether oxygens (including phenoxy) is 1. The first-order valence-electron chi connectivity index (χ1n) is 5.95. The summed E-state index contributed by atoms with van der Waals surface area (Å²) >= 11 is 0. The first kappa shape index (κ1) is 11.5. The van der Waals surface area contributed by atoms with E-state index in [0.717, 1.165) is 5.56 Å². The average molecular weight is 252 g/mol. The van der Waals surface area contributed by atoms with Crippen LogP contribution < -0.4 is 4.74 Å². The fourth-order valence-electron chi connectivity index (χ4n) is 1.66. The second kappa shape index (κ2) is 4.94. The zero-order chi connectivity index (χ0) is 13.1. The summed E-state index contributed by atoms with van der Waals surface area (Å²) in [6.07, 6.45) is 0.141. The lowest BCUT2D eigenvalue weighted by Crippen LogP contribution is -1.83. The van der Waals surface area contributed by atoms with Crippen LogP contribution in [0.25, 0.3) is 11.5 Å². The van der Waals surface area contributed by atoms with Crippen LogP contribution in [0.5, 0.6) is 11.8 Å². The molecular formula is C15H12N2O2. The quantitative estimate of drug-likeness (QED) is 0.710. The minimum absolute atomic E-state index is 0.141. The van der Waals surface area contributed by atoms with Gasteiger partial charge in [0, 0.05) is 5.56 Å². The summed E-state index contributed by atoms with van der Waals surface area (Å²) in [6.45, 7) is 2.02. The highest BCUT2D eigenvalue weighted by Gasteiger charge is 2.09. The summed E-state index contributed by atoms with van der Waals surface area (Å²) in [4.78, 5) is 0. The fraction of sp³-hybridized carbons (Fsp3) is 0.0667. The summed E-state index contributed by atoms with van der Waals surface area (Å²) in [5, 5.41) is 7.83. The third kappa shape index (κ3) is 2.63. The van der Waals surface area contributed by atoms with Gasteiger partial charge in [0.05, 0.1) is 0 Å². The number of hydrogen-bond acceptors (Lipinski definition) is 4. The number of benzene rings is 2. The maximum Gasteiger partial charge on any atom is 0.420 e. The summed E-state index contributed by atoms with van der Waals surface area (Å²) < 4.78 is 11.0. The van der Waals surface area contributed by atoms with Gasteiger partial charge < -0.3 is 9.15 Å². The molecule has 0 fully saturated rings. The van der Waals surface area contributed by atoms with Crippen LogP contribution in [0, 0.1) is 6.92 Å². The maximum atomic E-state index is 5.50. The van der Waals surface area contributed by atoms with Crippen LogP contribution in [0.4, 0.5) is 0 Å². The SMILES string of the molecule is Cc1ccc(Oc2nnc(-c3ccccc3)o2)cc1. The van der Waals surface area contributed by atoms with Gasteiger partial charge in [-0.2, -0.15) is 0 Å². The van der Waals surface area contributed by atoms with Crippen molar-refractivity contribution < 1.29 is 9.15 Å². The Morgan fingerprint density at radius 3 is 2.37 bits per heavy atom. The van der Waals surface area contributed by atoms with Crippen LogP contribution in [0.3, 0.4) is 0 Å². The van der Waals surface area contributed by atoms with Crippen LogP contribution in [-0.4, -0.2) is 10.2 Å². The Morgan fingerprint density at radius 2 is 1.63 bits per heavy atom. The van der Waals surface area contributed by atoms with Gasteiger partial charge in [0.25, 0.3) is 5.89 Å². The molecule has 0 aliphatic rings. The molecule has 0 atom stereocenters. The highest BCUT2D eigenvalue weighted by Crippen LogP contribution is 2.24. The Bertz CT molecular complexity index is 660. The van der Waals surface area contributed by atoms with Gasteiger partial charge in [-0.3, -0.25) is 0 Å². The third-order valence-electron chi connectivity index (χ3n) is 2.65. The lowest BCUT2D eigenvalue weighted by Gasteiger charge is -1.99. The minimum Gasteiger partial charge on any atom is -0.410 e. The lowest BCUT2D eigenvalue weighted by atomic mass is 10.2. The topological polar surface area (TPSA) is 48.2 Å². The molecule has 4 nitrogen and oxygen atoms in total. The molecule has 19 heavy (non-hydrogen) atoms. The molecule has 0 bridgehead atoms. The molecular weight excluding hydrogens is 240 g/mol. The van der Waals surface area contributed by atoms with Crippen LogP contribution in [0.2, 0.25) is 0 Å². The van der Waals surface area contributed by atoms with Crippen molar-refractivity contribution in [2.75, 3.05) is 0 Å². The predicted octanol–water partition coefficient (Wildman–Crippen LogP) is 3.84. The molecule has 94 valence electrons. The van der Waals surface area contributed by atoms with Gasteiger partial charge in [-0.1, -0.05) is 41.0 Å². The second-order valence-corrected chi connectivity index (χ2v) is 4.15. The van der Waals surface area contributed by atoms with Crippen molar-refractivity contribution >= 4 is 0 Å². The van der Waals surface area contributed by atoms with Crippen molar-refractivity contribution in [1.82, 2.24) is 10.2 Å². The monoisotopic (exact) mass is 252 g/mol. The number of rotatable bonds is 3. The number of aryl methyl sites for hydroxylation is 1. The van der Waals surface area contributed by atoms with E-state index in [2.05, 4.69) is 10.2 Å². The molecule has 0 saturated carbocycles. The highest BCUT2D eigenvalue weighted by atomic mass is 16.6. The van der Waals surface area contributed by atoms with Crippen molar-refractivity contribution in [2.24, 2.45) is 0 Å². The lowest BCUT2D eigenvalue weighted by molar-refractivity contribution is 0.335. The van der Waals surface area contributed by atoms with Gasteiger partial charge in [0.1, 0.15) is 5.75 Å². The molecule has 3 aromatic rings. The fourth-order valence-corrected chi connectivity index (χ4v) is 1.66. The summed E-state index contributed by atoms with van der Waals surface area (Å²) in [7, 11) is 0. The molecule has 0 saturated heterocycles. The Kier molecular flexibility index (Phi) is 2.98. The number of nitrogens with zero attached hydrogens (tertiary/aromatic N) is 2. The van der Waals surface area contributed by atoms with Gasteiger partial charge >= 0.3 is 6.08 Å². The summed E-state index contributed by atoms with van der Waals surface area (Å²) in [5.41, 5.74) is 2.04. The van der Waals surface area contributed by atoms with E-state index in [1.807, 2.05) is 61.5 Å². The van der Waals surface area contributed by atoms with Crippen LogP contribution >= 0.6 is 0 Å². The zero-order valence-electron chi connectivity index (χ0n) is 10.4. The van der Waals surface area contributed by atoms with Gasteiger partial charge in [-0.15, -0.1) is 5.10 Å². The number of aromatic nitrogens is 2. The molecule has 0 N–H and O–H groups in total. The van der Waals surface area contributed by atoms with Crippen molar-refractivity contribution in [2.45, 2.75) is 6.92 Å². The van der Waals surface area contributed by atoms with E-state index >= 15 is 0 Å². The van der Waals surface area contributed by atoms with E-state index < -0.39 is 0 Å². The minimum atomic E-state index is 0.141. The van der Waals surface area contributed by atoms with Gasteiger partial charge in [0.15, 0.2) is 0 Å². The van der Waals surface area contributed by atoms with E-state index in [0.29, 0.717) is 11.6 Å². The smallest absolute Gasteiger partial charge is 0.410 e. The van der Waals surface area contributed by atoms with E-state index in [1.54, 1.807) is 0 Å². The molecule has 1 aromatic heterocycles. The standard InChI is InChI=1S/C15H12N2O2/c1-11-7-9-13(10-8-11)18-15-17-16-14(19-15)12-5-3-2-4-6-12/h2-10H,1H3. The molecule has 0 unspecified atom stereocenters. The van der Waals surface area contributed by atoms with Gasteiger partial charge in [-0.25, -0.2) is 0 Å². The Morgan fingerprint density at radius 1 is 0.895 bits per heavy atom. The maximum absolute atomic E-state index is 5.50. The molecule has 2 aromatic carbocycles. The van der Waals surface area contributed by atoms with E-state index in [4.69, 9.17) is 9.15 Å². The highest BCUT2D eigenvalue weighted by molar-refractivity contribution is 5.52. The van der Waals surface area contributed by atoms with E-state index in [9.17, 15) is 0 Å². The molecule has 1 heterocycles. The second-order valence-electron chi connectivity index (χ2n) is 4.15. The zero-order valence-corrected chi connectivity index (χ0v) is 10.4. The Hall–Kier alpha value is -2.62. The van der Waals surface area contributed by atoms with E-state index in [1.165, 1.54) is 5.56 Å². The van der Waals surface area contributed by atoms with Crippen molar-refractivity contribution in [1.29, 1.82) is 0 Å². The predicted molar refractivity (Wildman–Crippen MR) is 71.0 cm³/mol. The Balaban J connectivity index is 1.80. The van der Waals surface area contributed by atoms with Crippen molar-refractivity contribution in [3.63, 3.8) is 0 Å². The Labute approximate surface area is 110 Å². The largest absolute Gasteiger partial charge is 0.420 e. The number of hydrogen-bond donors (Lipinski definition) is 0. The first-order chi connectivity index (χ1) is 9.31. The van der Waals surface area contributed by atoms with Crippen LogP contribution in [0.1, 0.15) is 5.56 Å². The molecule has 0 aliphatic carbocycles. The summed E-state index contributed by atoms with van der Waals surface area (Å²) in [5.74, 6) is 1.12. The molecule has 0 spiro atoms. The summed E-state index contributed by atoms with van der Waals surface area (Å²) in [6, 6.07) is 17.2. The third-order valence-corrected chi connectivity index (χ3v) is 2.65. The molecule has 4 heteroatoms. The van der Waals surface area contributed by atoms with Gasteiger partial charge in [0.2, 0.25) is 0 Å². The van der Waals surface area contributed by atoms with Crippen molar-refractivity contribution in [3.05, 3.63) is 60.2 Å². The van der Waals surface area contributed by atoms with Crippen LogP contribution in [-0.2, 0) is 0 Å². The van der Waals surface area contributed by atoms with Gasteiger partial charge in [-0.05, 0) is 31.2 Å². The molecule has 3 rings (SSSR count). The molecule has 0 radical (unpaired) electrons.